The number of benzene rings is 1. The smallest absolute Gasteiger partial charge is 0.276 e. The Kier molecular flexibility index (Phi) is 5.30. The van der Waals surface area contributed by atoms with Crippen molar-refractivity contribution in [3.63, 3.8) is 0 Å². The lowest BCUT2D eigenvalue weighted by Gasteiger charge is -2.22. The molecule has 0 unspecified atom stereocenters. The highest BCUT2D eigenvalue weighted by Gasteiger charge is 2.18. The molecule has 2 rings (SSSR count). The van der Waals surface area contributed by atoms with Crippen molar-refractivity contribution in [1.82, 2.24) is 4.98 Å². The summed E-state index contributed by atoms with van der Waals surface area (Å²) in [5.74, 6) is -0.0639. The molecule has 0 spiro atoms. The van der Waals surface area contributed by atoms with Crippen molar-refractivity contribution in [1.29, 1.82) is 0 Å². The van der Waals surface area contributed by atoms with Gasteiger partial charge in [0, 0.05) is 12.2 Å². The number of unbranched alkanes of at least 4 members (excludes halogenated alkanes) is 1. The van der Waals surface area contributed by atoms with Crippen LogP contribution in [0.15, 0.2) is 53.1 Å². The molecule has 3 nitrogen and oxygen atoms in total. The molecule has 1 aromatic carbocycles. The Morgan fingerprint density at radius 3 is 2.55 bits per heavy atom. The summed E-state index contributed by atoms with van der Waals surface area (Å²) in [5.41, 5.74) is 1.37. The molecule has 0 N–H and O–H groups in total. The molecule has 0 bridgehead atoms. The summed E-state index contributed by atoms with van der Waals surface area (Å²) in [6.07, 6.45) is 2.01. The number of rotatable bonds is 5. The Morgan fingerprint density at radius 1 is 1.15 bits per heavy atom. The highest BCUT2D eigenvalue weighted by Crippen LogP contribution is 2.18. The summed E-state index contributed by atoms with van der Waals surface area (Å²) in [5, 5.41) is 0. The third-order valence-corrected chi connectivity index (χ3v) is 3.42. The second-order valence-electron chi connectivity index (χ2n) is 4.49. The minimum absolute atomic E-state index is 0.0639. The topological polar surface area (TPSA) is 33.2 Å². The van der Waals surface area contributed by atoms with Gasteiger partial charge in [0.1, 0.15) is 10.3 Å². The van der Waals surface area contributed by atoms with E-state index in [9.17, 15) is 4.79 Å². The van der Waals surface area contributed by atoms with Gasteiger partial charge in [-0.15, -0.1) is 0 Å². The quantitative estimate of drug-likeness (QED) is 0.765. The molecule has 0 saturated heterocycles. The number of halogens is 1. The summed E-state index contributed by atoms with van der Waals surface area (Å²) in [6.45, 7) is 2.82. The number of nitrogens with zero attached hydrogens (tertiary/aromatic N) is 2. The van der Waals surface area contributed by atoms with Gasteiger partial charge in [0.05, 0.1) is 0 Å². The van der Waals surface area contributed by atoms with Crippen LogP contribution in [0.25, 0.3) is 0 Å². The van der Waals surface area contributed by atoms with Gasteiger partial charge in [-0.1, -0.05) is 37.6 Å². The molecule has 1 aromatic heterocycles. The highest BCUT2D eigenvalue weighted by atomic mass is 79.9. The second kappa shape index (κ2) is 7.20. The van der Waals surface area contributed by atoms with E-state index < -0.39 is 0 Å². The van der Waals surface area contributed by atoms with Gasteiger partial charge in [0.15, 0.2) is 0 Å². The number of para-hydroxylation sites is 1. The molecular weight excluding hydrogens is 316 g/mol. The predicted molar refractivity (Wildman–Crippen MR) is 85.0 cm³/mol. The predicted octanol–water partition coefficient (Wildman–Crippen LogP) is 4.29. The van der Waals surface area contributed by atoms with Crippen LogP contribution >= 0.6 is 15.9 Å². The third kappa shape index (κ3) is 3.67. The van der Waals surface area contributed by atoms with Crippen LogP contribution in [0.2, 0.25) is 0 Å². The van der Waals surface area contributed by atoms with Crippen molar-refractivity contribution in [3.05, 3.63) is 58.8 Å². The van der Waals surface area contributed by atoms with Crippen LogP contribution in [0, 0.1) is 0 Å². The molecule has 0 radical (unpaired) electrons. The van der Waals surface area contributed by atoms with Crippen molar-refractivity contribution < 1.29 is 4.79 Å². The van der Waals surface area contributed by atoms with E-state index in [2.05, 4.69) is 27.8 Å². The lowest BCUT2D eigenvalue weighted by molar-refractivity contribution is 0.0981. The van der Waals surface area contributed by atoms with Crippen LogP contribution in [0.1, 0.15) is 30.3 Å². The Hall–Kier alpha value is -1.68. The number of aromatic nitrogens is 1. The van der Waals surface area contributed by atoms with Gasteiger partial charge in [0.2, 0.25) is 0 Å². The molecule has 104 valence electrons. The normalized spacial score (nSPS) is 10.3. The van der Waals surface area contributed by atoms with Crippen molar-refractivity contribution in [3.8, 4) is 0 Å². The number of anilines is 1. The van der Waals surface area contributed by atoms with Crippen LogP contribution in [0.5, 0.6) is 0 Å². The number of hydrogen-bond donors (Lipinski definition) is 0. The van der Waals surface area contributed by atoms with Crippen LogP contribution in [0.4, 0.5) is 5.69 Å². The van der Waals surface area contributed by atoms with Crippen LogP contribution in [0.3, 0.4) is 0 Å². The maximum atomic E-state index is 12.6. The fraction of sp³-hybridized carbons (Fsp3) is 0.250. The number of amides is 1. The van der Waals surface area contributed by atoms with Crippen molar-refractivity contribution >= 4 is 27.5 Å². The molecule has 0 atom stereocenters. The van der Waals surface area contributed by atoms with Gasteiger partial charge in [-0.2, -0.15) is 0 Å². The van der Waals surface area contributed by atoms with E-state index in [1.165, 1.54) is 0 Å². The maximum absolute atomic E-state index is 12.6. The first-order chi connectivity index (χ1) is 9.72. The van der Waals surface area contributed by atoms with Crippen molar-refractivity contribution in [2.45, 2.75) is 19.8 Å². The number of carbonyl (C=O) groups is 1. The van der Waals surface area contributed by atoms with Gasteiger partial charge in [-0.3, -0.25) is 4.79 Å². The molecule has 0 aliphatic carbocycles. The van der Waals surface area contributed by atoms with Gasteiger partial charge < -0.3 is 4.90 Å². The Labute approximate surface area is 127 Å². The molecular formula is C16H17BrN2O. The minimum Gasteiger partial charge on any atom is -0.307 e. The zero-order chi connectivity index (χ0) is 14.4. The van der Waals surface area contributed by atoms with Gasteiger partial charge >= 0.3 is 0 Å². The number of hydrogen-bond acceptors (Lipinski definition) is 2. The fourth-order valence-electron chi connectivity index (χ4n) is 1.94. The monoisotopic (exact) mass is 332 g/mol. The minimum atomic E-state index is -0.0639. The molecule has 1 amide bonds. The van der Waals surface area contributed by atoms with E-state index in [1.54, 1.807) is 11.0 Å². The lowest BCUT2D eigenvalue weighted by Crippen LogP contribution is -2.32. The largest absolute Gasteiger partial charge is 0.307 e. The molecule has 0 fully saturated rings. The van der Waals surface area contributed by atoms with E-state index in [1.807, 2.05) is 42.5 Å². The fourth-order valence-corrected chi connectivity index (χ4v) is 2.28. The molecule has 4 heteroatoms. The summed E-state index contributed by atoms with van der Waals surface area (Å²) >= 11 is 3.31. The highest BCUT2D eigenvalue weighted by molar-refractivity contribution is 9.10. The van der Waals surface area contributed by atoms with Crippen LogP contribution in [-0.4, -0.2) is 17.4 Å². The molecule has 0 aliphatic heterocycles. The molecule has 0 aliphatic rings. The first kappa shape index (κ1) is 14.7. The average Bonchev–Trinajstić information content (AvgIpc) is 2.48. The zero-order valence-corrected chi connectivity index (χ0v) is 13.0. The average molecular weight is 333 g/mol. The van der Waals surface area contributed by atoms with Crippen LogP contribution < -0.4 is 4.90 Å². The van der Waals surface area contributed by atoms with Gasteiger partial charge in [-0.25, -0.2) is 4.98 Å². The zero-order valence-electron chi connectivity index (χ0n) is 11.4. The second-order valence-corrected chi connectivity index (χ2v) is 5.30. The summed E-state index contributed by atoms with van der Waals surface area (Å²) < 4.78 is 0.673. The van der Waals surface area contributed by atoms with E-state index in [-0.39, 0.29) is 5.91 Å². The van der Waals surface area contributed by atoms with E-state index in [0.29, 0.717) is 16.8 Å². The lowest BCUT2D eigenvalue weighted by atomic mass is 10.2. The van der Waals surface area contributed by atoms with Crippen molar-refractivity contribution in [2.24, 2.45) is 0 Å². The Bertz CT molecular complexity index is 572. The Balaban J connectivity index is 2.29. The van der Waals surface area contributed by atoms with E-state index >= 15 is 0 Å². The summed E-state index contributed by atoms with van der Waals surface area (Å²) in [6, 6.07) is 15.1. The molecule has 0 saturated carbocycles. The standard InChI is InChI=1S/C16H17BrN2O/c1-2-3-12-19(13-8-5-4-6-9-13)16(20)14-10-7-11-15(17)18-14/h4-11H,2-3,12H2,1H3. The Morgan fingerprint density at radius 2 is 1.90 bits per heavy atom. The SMILES string of the molecule is CCCCN(C(=O)c1cccc(Br)n1)c1ccccc1. The number of carbonyl (C=O) groups excluding carboxylic acids is 1. The maximum Gasteiger partial charge on any atom is 0.276 e. The first-order valence-electron chi connectivity index (χ1n) is 6.72. The summed E-state index contributed by atoms with van der Waals surface area (Å²) in [4.78, 5) is 18.7. The number of pyridine rings is 1. The third-order valence-electron chi connectivity index (χ3n) is 2.98. The van der Waals surface area contributed by atoms with Gasteiger partial charge in [0.25, 0.3) is 5.91 Å². The van der Waals surface area contributed by atoms with E-state index in [0.717, 1.165) is 18.5 Å². The molecule has 2 aromatic rings. The van der Waals surface area contributed by atoms with Gasteiger partial charge in [-0.05, 0) is 46.6 Å². The summed E-state index contributed by atoms with van der Waals surface area (Å²) in [7, 11) is 0. The first-order valence-corrected chi connectivity index (χ1v) is 7.51. The van der Waals surface area contributed by atoms with E-state index in [4.69, 9.17) is 0 Å². The van der Waals surface area contributed by atoms with Crippen LogP contribution in [-0.2, 0) is 0 Å². The molecule has 1 heterocycles. The van der Waals surface area contributed by atoms with Crippen molar-refractivity contribution in [2.75, 3.05) is 11.4 Å². The molecule has 20 heavy (non-hydrogen) atoms.